The second-order valence-corrected chi connectivity index (χ2v) is 13.3. The zero-order valence-electron chi connectivity index (χ0n) is 25.3. The molecule has 3 amide bonds. The molecule has 0 aliphatic carbocycles. The van der Waals surface area contributed by atoms with Crippen molar-refractivity contribution in [3.05, 3.63) is 70.9 Å². The van der Waals surface area contributed by atoms with Crippen molar-refractivity contribution >= 4 is 28.6 Å². The SMILES string of the molecule is O=C1CC[C@H](N2Cc3cc(O[C@H]4CCN(Cc5ccc6nc([C@@H]7CCO[C@@]8(CCOC8)C7)ccc6c5)C4)ccc3C2=O)C(=O)N1. The summed E-state index contributed by atoms with van der Waals surface area (Å²) in [4.78, 5) is 46.0. The van der Waals surface area contributed by atoms with Crippen LogP contribution < -0.4 is 10.1 Å². The van der Waals surface area contributed by atoms with Gasteiger partial charge in [0.05, 0.1) is 17.7 Å². The fourth-order valence-corrected chi connectivity index (χ4v) is 7.77. The summed E-state index contributed by atoms with van der Waals surface area (Å²) in [5, 5.41) is 3.51. The predicted molar refractivity (Wildman–Crippen MR) is 165 cm³/mol. The Labute approximate surface area is 262 Å². The van der Waals surface area contributed by atoms with E-state index in [0.29, 0.717) is 31.1 Å². The lowest BCUT2D eigenvalue weighted by atomic mass is 9.83. The first-order valence-corrected chi connectivity index (χ1v) is 16.2. The number of likely N-dealkylation sites (tertiary alicyclic amines) is 1. The summed E-state index contributed by atoms with van der Waals surface area (Å²) in [6.07, 6.45) is 4.54. The van der Waals surface area contributed by atoms with Crippen LogP contribution in [0.3, 0.4) is 0 Å². The summed E-state index contributed by atoms with van der Waals surface area (Å²) < 4.78 is 18.2. The van der Waals surface area contributed by atoms with Gasteiger partial charge in [-0.15, -0.1) is 0 Å². The normalized spacial score (nSPS) is 28.7. The van der Waals surface area contributed by atoms with E-state index in [4.69, 9.17) is 19.2 Å². The minimum absolute atomic E-state index is 0.0594. The van der Waals surface area contributed by atoms with E-state index >= 15 is 0 Å². The summed E-state index contributed by atoms with van der Waals surface area (Å²) >= 11 is 0. The molecule has 10 nitrogen and oxygen atoms in total. The molecule has 5 aliphatic rings. The number of nitrogens with zero attached hydrogens (tertiary/aromatic N) is 3. The van der Waals surface area contributed by atoms with Gasteiger partial charge in [0.1, 0.15) is 17.9 Å². The number of carbonyl (C=O) groups excluding carboxylic acids is 3. The molecule has 8 rings (SSSR count). The average Bonchev–Trinajstić information content (AvgIpc) is 3.76. The number of imide groups is 1. The number of aromatic nitrogens is 1. The van der Waals surface area contributed by atoms with E-state index in [1.54, 1.807) is 11.0 Å². The van der Waals surface area contributed by atoms with Gasteiger partial charge in [0, 0.05) is 74.8 Å². The van der Waals surface area contributed by atoms with E-state index in [-0.39, 0.29) is 29.9 Å². The Kier molecular flexibility index (Phi) is 7.31. The Morgan fingerprint density at radius 3 is 2.82 bits per heavy atom. The van der Waals surface area contributed by atoms with E-state index in [1.165, 1.54) is 5.56 Å². The molecule has 45 heavy (non-hydrogen) atoms. The molecule has 0 saturated carbocycles. The highest BCUT2D eigenvalue weighted by molar-refractivity contribution is 6.05. The minimum Gasteiger partial charge on any atom is -0.489 e. The van der Waals surface area contributed by atoms with Gasteiger partial charge < -0.3 is 19.1 Å². The maximum Gasteiger partial charge on any atom is 0.255 e. The molecule has 3 aromatic rings. The Morgan fingerprint density at radius 1 is 1.02 bits per heavy atom. The monoisotopic (exact) mass is 610 g/mol. The molecular weight excluding hydrogens is 572 g/mol. The van der Waals surface area contributed by atoms with Crippen LogP contribution in [0, 0.1) is 0 Å². The Bertz CT molecular complexity index is 1670. The first-order valence-electron chi connectivity index (χ1n) is 16.2. The van der Waals surface area contributed by atoms with Gasteiger partial charge >= 0.3 is 0 Å². The third kappa shape index (κ3) is 5.60. The highest BCUT2D eigenvalue weighted by Crippen LogP contribution is 2.40. The molecule has 0 bridgehead atoms. The number of piperidine rings is 1. The fraction of sp³-hybridized carbons (Fsp3) is 0.486. The number of ether oxygens (including phenoxy) is 3. The molecule has 0 radical (unpaired) electrons. The van der Waals surface area contributed by atoms with Crippen LogP contribution in [0.4, 0.5) is 0 Å². The van der Waals surface area contributed by atoms with Crippen molar-refractivity contribution in [1.29, 1.82) is 0 Å². The van der Waals surface area contributed by atoms with Gasteiger partial charge in [0.25, 0.3) is 5.91 Å². The zero-order chi connectivity index (χ0) is 30.5. The van der Waals surface area contributed by atoms with Crippen LogP contribution in [0.25, 0.3) is 10.9 Å². The molecule has 6 heterocycles. The maximum absolute atomic E-state index is 13.0. The fourth-order valence-electron chi connectivity index (χ4n) is 7.77. The van der Waals surface area contributed by atoms with Crippen LogP contribution >= 0.6 is 0 Å². The smallest absolute Gasteiger partial charge is 0.255 e. The summed E-state index contributed by atoms with van der Waals surface area (Å²) in [7, 11) is 0. The standard InChI is InChI=1S/C35H38N4O6/c40-32-8-7-31(33(41)37-32)39-19-25-16-26(3-4-28(25)34(39)42)45-27-9-12-38(20-27)18-22-1-5-29-23(15-22)2-6-30(36-29)24-10-13-44-35(17-24)11-14-43-21-35/h1-6,15-16,24,27,31H,7-14,17-21H2,(H,37,40,41)/t24-,27+,31+,35+/m1/s1. The topological polar surface area (TPSA) is 110 Å². The number of rotatable bonds is 6. The molecular formula is C35H38N4O6. The van der Waals surface area contributed by atoms with Crippen molar-refractivity contribution in [2.24, 2.45) is 0 Å². The molecule has 234 valence electrons. The van der Waals surface area contributed by atoms with Crippen LogP contribution in [-0.4, -0.2) is 83.2 Å². The Balaban J connectivity index is 0.876. The van der Waals surface area contributed by atoms with Gasteiger partial charge in [-0.1, -0.05) is 12.1 Å². The van der Waals surface area contributed by atoms with Crippen LogP contribution in [0.2, 0.25) is 0 Å². The predicted octanol–water partition coefficient (Wildman–Crippen LogP) is 3.70. The summed E-state index contributed by atoms with van der Waals surface area (Å²) in [6.45, 7) is 5.21. The second kappa shape index (κ2) is 11.5. The van der Waals surface area contributed by atoms with Gasteiger partial charge in [-0.3, -0.25) is 29.6 Å². The largest absolute Gasteiger partial charge is 0.489 e. The molecule has 1 aromatic heterocycles. The molecule has 0 unspecified atom stereocenters. The third-order valence-electron chi connectivity index (χ3n) is 10.2. The lowest BCUT2D eigenvalue weighted by molar-refractivity contribution is -0.136. The average molecular weight is 611 g/mol. The number of nitrogens with one attached hydrogen (secondary N) is 1. The van der Waals surface area contributed by atoms with Crippen molar-refractivity contribution in [2.45, 2.75) is 75.3 Å². The van der Waals surface area contributed by atoms with E-state index in [1.807, 2.05) is 12.1 Å². The van der Waals surface area contributed by atoms with Gasteiger partial charge in [0.15, 0.2) is 0 Å². The molecule has 4 atom stereocenters. The maximum atomic E-state index is 13.0. The van der Waals surface area contributed by atoms with Gasteiger partial charge in [-0.2, -0.15) is 0 Å². The van der Waals surface area contributed by atoms with Crippen LogP contribution in [0.15, 0.2) is 48.5 Å². The molecule has 5 aliphatic heterocycles. The Morgan fingerprint density at radius 2 is 1.96 bits per heavy atom. The Hall–Kier alpha value is -3.86. The van der Waals surface area contributed by atoms with Crippen LogP contribution in [0.1, 0.15) is 71.6 Å². The lowest BCUT2D eigenvalue weighted by Crippen LogP contribution is -2.52. The number of pyridine rings is 1. The second-order valence-electron chi connectivity index (χ2n) is 13.3. The first-order chi connectivity index (χ1) is 21.9. The van der Waals surface area contributed by atoms with E-state index in [2.05, 4.69) is 40.5 Å². The quantitative estimate of drug-likeness (QED) is 0.421. The van der Waals surface area contributed by atoms with Gasteiger partial charge in [-0.05, 0) is 73.2 Å². The zero-order valence-corrected chi connectivity index (χ0v) is 25.3. The van der Waals surface area contributed by atoms with Crippen molar-refractivity contribution in [2.75, 3.05) is 32.9 Å². The molecule has 4 fully saturated rings. The first kappa shape index (κ1) is 28.6. The highest BCUT2D eigenvalue weighted by atomic mass is 16.6. The molecule has 1 spiro atoms. The van der Waals surface area contributed by atoms with Crippen molar-refractivity contribution in [3.63, 3.8) is 0 Å². The number of carbonyl (C=O) groups is 3. The number of benzene rings is 2. The molecule has 4 saturated heterocycles. The number of fused-ring (bicyclic) bond motifs is 2. The van der Waals surface area contributed by atoms with Crippen LogP contribution in [-0.2, 0) is 32.2 Å². The number of hydrogen-bond acceptors (Lipinski definition) is 8. The van der Waals surface area contributed by atoms with Crippen molar-refractivity contribution in [1.82, 2.24) is 20.1 Å². The van der Waals surface area contributed by atoms with Crippen molar-refractivity contribution < 1.29 is 28.6 Å². The summed E-state index contributed by atoms with van der Waals surface area (Å²) in [5.41, 5.74) is 4.78. The van der Waals surface area contributed by atoms with Crippen LogP contribution in [0.5, 0.6) is 5.75 Å². The third-order valence-corrected chi connectivity index (χ3v) is 10.2. The molecule has 2 aromatic carbocycles. The number of amides is 3. The van der Waals surface area contributed by atoms with Gasteiger partial charge in [-0.25, -0.2) is 0 Å². The summed E-state index contributed by atoms with van der Waals surface area (Å²) in [6, 6.07) is 15.9. The van der Waals surface area contributed by atoms with E-state index in [0.717, 1.165) is 86.4 Å². The number of hydrogen-bond donors (Lipinski definition) is 1. The minimum atomic E-state index is -0.616. The van der Waals surface area contributed by atoms with E-state index in [9.17, 15) is 14.4 Å². The highest BCUT2D eigenvalue weighted by Gasteiger charge is 2.42. The van der Waals surface area contributed by atoms with Crippen molar-refractivity contribution in [3.8, 4) is 5.75 Å². The van der Waals surface area contributed by atoms with E-state index < -0.39 is 11.9 Å². The molecule has 1 N–H and O–H groups in total. The lowest BCUT2D eigenvalue weighted by Gasteiger charge is -2.36. The molecule has 10 heteroatoms. The summed E-state index contributed by atoms with van der Waals surface area (Å²) in [5.74, 6) is 0.289. The van der Waals surface area contributed by atoms with Gasteiger partial charge in [0.2, 0.25) is 11.8 Å².